The molecule has 0 N–H and O–H groups in total. The van der Waals surface area contributed by atoms with Crippen molar-refractivity contribution in [3.8, 4) is 16.8 Å². The summed E-state index contributed by atoms with van der Waals surface area (Å²) in [5.41, 5.74) is 8.38. The van der Waals surface area contributed by atoms with Crippen LogP contribution in [0.1, 0.15) is 0 Å². The van der Waals surface area contributed by atoms with E-state index >= 15 is 0 Å². The van der Waals surface area contributed by atoms with Crippen LogP contribution in [0.2, 0.25) is 0 Å². The molecule has 0 aliphatic rings. The van der Waals surface area contributed by atoms with Crippen LogP contribution in [0.3, 0.4) is 0 Å². The first-order valence-corrected chi connectivity index (χ1v) is 13.0. The Hall–Kier alpha value is -5.46. The van der Waals surface area contributed by atoms with Gasteiger partial charge in [0.2, 0.25) is 0 Å². The van der Waals surface area contributed by atoms with Gasteiger partial charge in [-0.3, -0.25) is 0 Å². The highest BCUT2D eigenvalue weighted by Gasteiger charge is 2.15. The Morgan fingerprint density at radius 1 is 0.564 bits per heavy atom. The molecule has 2 heterocycles. The molecule has 0 aliphatic carbocycles. The highest BCUT2D eigenvalue weighted by atomic mass is 15.0. The average molecular weight is 496 g/mol. The van der Waals surface area contributed by atoms with Crippen molar-refractivity contribution in [2.75, 3.05) is 0 Å². The topological polar surface area (TPSA) is 22.2 Å². The third-order valence-corrected chi connectivity index (χ3v) is 7.78. The Kier molecular flexibility index (Phi) is 4.59. The van der Waals surface area contributed by atoms with Gasteiger partial charge < -0.3 is 4.57 Å². The number of pyridine rings is 1. The van der Waals surface area contributed by atoms with E-state index < -0.39 is 0 Å². The molecule has 2 aromatic heterocycles. The van der Waals surface area contributed by atoms with E-state index in [0.29, 0.717) is 5.69 Å². The molecular weight excluding hydrogens is 474 g/mol. The molecule has 180 valence electrons. The number of para-hydroxylation sites is 2. The van der Waals surface area contributed by atoms with Crippen LogP contribution in [0.25, 0.3) is 76.0 Å². The van der Waals surface area contributed by atoms with Gasteiger partial charge in [-0.15, -0.1) is 0 Å². The minimum Gasteiger partial charge on any atom is -0.309 e. The monoisotopic (exact) mass is 495 g/mol. The van der Waals surface area contributed by atoms with Gasteiger partial charge in [0, 0.05) is 32.8 Å². The van der Waals surface area contributed by atoms with Crippen molar-refractivity contribution in [2.45, 2.75) is 0 Å². The number of aromatic nitrogens is 2. The van der Waals surface area contributed by atoms with Gasteiger partial charge >= 0.3 is 0 Å². The fraction of sp³-hybridized carbons (Fsp3) is 0. The Morgan fingerprint density at radius 3 is 2.13 bits per heavy atom. The van der Waals surface area contributed by atoms with E-state index in [2.05, 4.69) is 125 Å². The standard InChI is InChI=1S/C36H21N3/c1-37-25-17-21-34-31(22-25)28-10-5-7-13-33(28)39(34)26-18-14-24(15-19-26)35-29-11-4-6-12-32(29)38-36-27-9-3-2-8-23(27)16-20-30(35)36/h2-22H. The normalized spacial score (nSPS) is 11.6. The van der Waals surface area contributed by atoms with Crippen molar-refractivity contribution in [1.82, 2.24) is 9.55 Å². The SMILES string of the molecule is [C-]#[N+]c1ccc2c(c1)c1ccccc1n2-c1ccc(-c2c3ccccc3nc3c2ccc2ccccc23)cc1. The molecule has 0 bridgehead atoms. The number of hydrogen-bond donors (Lipinski definition) is 0. The van der Waals surface area contributed by atoms with Crippen molar-refractivity contribution in [1.29, 1.82) is 0 Å². The second-order valence-corrected chi connectivity index (χ2v) is 9.90. The predicted octanol–water partition coefficient (Wildman–Crippen LogP) is 9.86. The van der Waals surface area contributed by atoms with Crippen LogP contribution in [0, 0.1) is 6.57 Å². The van der Waals surface area contributed by atoms with Gasteiger partial charge in [-0.05, 0) is 52.7 Å². The van der Waals surface area contributed by atoms with Gasteiger partial charge in [0.15, 0.2) is 5.69 Å². The van der Waals surface area contributed by atoms with Gasteiger partial charge in [0.1, 0.15) is 0 Å². The fourth-order valence-corrected chi connectivity index (χ4v) is 6.02. The highest BCUT2D eigenvalue weighted by molar-refractivity contribution is 6.17. The van der Waals surface area contributed by atoms with E-state index in [-0.39, 0.29) is 0 Å². The maximum absolute atomic E-state index is 7.48. The number of fused-ring (bicyclic) bond motifs is 7. The minimum atomic E-state index is 0.657. The average Bonchev–Trinajstić information content (AvgIpc) is 3.33. The zero-order valence-electron chi connectivity index (χ0n) is 21.0. The smallest absolute Gasteiger partial charge is 0.188 e. The van der Waals surface area contributed by atoms with Crippen LogP contribution in [-0.2, 0) is 0 Å². The number of hydrogen-bond acceptors (Lipinski definition) is 1. The lowest BCUT2D eigenvalue weighted by Crippen LogP contribution is -1.94. The number of rotatable bonds is 2. The van der Waals surface area contributed by atoms with Crippen LogP contribution in [0.5, 0.6) is 0 Å². The van der Waals surface area contributed by atoms with Crippen molar-refractivity contribution < 1.29 is 0 Å². The van der Waals surface area contributed by atoms with Crippen LogP contribution >= 0.6 is 0 Å². The van der Waals surface area contributed by atoms with Crippen LogP contribution < -0.4 is 0 Å². The molecule has 0 fully saturated rings. The summed E-state index contributed by atoms with van der Waals surface area (Å²) in [7, 11) is 0. The predicted molar refractivity (Wildman–Crippen MR) is 163 cm³/mol. The lowest BCUT2D eigenvalue weighted by molar-refractivity contribution is 1.18. The van der Waals surface area contributed by atoms with Crippen LogP contribution in [0.4, 0.5) is 5.69 Å². The van der Waals surface area contributed by atoms with E-state index in [0.717, 1.165) is 54.9 Å². The molecule has 0 unspecified atom stereocenters. The molecular formula is C36H21N3. The molecule has 0 spiro atoms. The van der Waals surface area contributed by atoms with E-state index in [9.17, 15) is 0 Å². The van der Waals surface area contributed by atoms with Gasteiger partial charge in [-0.1, -0.05) is 91.0 Å². The molecule has 0 saturated heterocycles. The molecule has 3 nitrogen and oxygen atoms in total. The summed E-state index contributed by atoms with van der Waals surface area (Å²) in [6.07, 6.45) is 0. The first kappa shape index (κ1) is 21.6. The van der Waals surface area contributed by atoms with Crippen molar-refractivity contribution in [3.05, 3.63) is 139 Å². The molecule has 0 aliphatic heterocycles. The van der Waals surface area contributed by atoms with E-state index in [4.69, 9.17) is 11.6 Å². The Balaban J connectivity index is 1.38. The summed E-state index contributed by atoms with van der Waals surface area (Å²) in [6, 6.07) is 44.5. The third-order valence-electron chi connectivity index (χ3n) is 7.78. The third kappa shape index (κ3) is 3.19. The summed E-state index contributed by atoms with van der Waals surface area (Å²) in [4.78, 5) is 8.77. The summed E-state index contributed by atoms with van der Waals surface area (Å²) in [5, 5.41) is 6.92. The molecule has 39 heavy (non-hydrogen) atoms. The van der Waals surface area contributed by atoms with Crippen molar-refractivity contribution in [3.63, 3.8) is 0 Å². The van der Waals surface area contributed by atoms with Gasteiger partial charge in [0.05, 0.1) is 28.6 Å². The van der Waals surface area contributed by atoms with Gasteiger partial charge in [0.25, 0.3) is 0 Å². The molecule has 0 radical (unpaired) electrons. The quantitative estimate of drug-likeness (QED) is 0.133. The van der Waals surface area contributed by atoms with Gasteiger partial charge in [-0.25, -0.2) is 9.83 Å². The maximum Gasteiger partial charge on any atom is 0.188 e. The molecule has 3 heteroatoms. The second-order valence-electron chi connectivity index (χ2n) is 9.90. The lowest BCUT2D eigenvalue weighted by Gasteiger charge is -2.14. The van der Waals surface area contributed by atoms with Crippen LogP contribution in [0.15, 0.2) is 127 Å². The molecule has 0 amide bonds. The molecule has 0 atom stereocenters. The molecule has 8 rings (SSSR count). The first-order chi connectivity index (χ1) is 19.3. The molecule has 6 aromatic carbocycles. The summed E-state index contributed by atoms with van der Waals surface area (Å²) < 4.78 is 2.29. The Bertz CT molecular complexity index is 2280. The van der Waals surface area contributed by atoms with E-state index in [1.165, 1.54) is 16.3 Å². The van der Waals surface area contributed by atoms with Crippen molar-refractivity contribution in [2.24, 2.45) is 0 Å². The Morgan fingerprint density at radius 2 is 1.28 bits per heavy atom. The second kappa shape index (κ2) is 8.28. The Labute approximate surface area is 225 Å². The summed E-state index contributed by atoms with van der Waals surface area (Å²) in [5.74, 6) is 0. The summed E-state index contributed by atoms with van der Waals surface area (Å²) >= 11 is 0. The van der Waals surface area contributed by atoms with Crippen LogP contribution in [-0.4, -0.2) is 9.55 Å². The molecule has 0 saturated carbocycles. The maximum atomic E-state index is 7.48. The van der Waals surface area contributed by atoms with E-state index in [1.807, 2.05) is 12.1 Å². The molecule has 8 aromatic rings. The summed E-state index contributed by atoms with van der Waals surface area (Å²) in [6.45, 7) is 7.48. The number of nitrogens with zero attached hydrogens (tertiary/aromatic N) is 3. The largest absolute Gasteiger partial charge is 0.309 e. The zero-order chi connectivity index (χ0) is 25.9. The first-order valence-electron chi connectivity index (χ1n) is 13.0. The minimum absolute atomic E-state index is 0.657. The fourth-order valence-electron chi connectivity index (χ4n) is 6.02. The van der Waals surface area contributed by atoms with E-state index in [1.54, 1.807) is 0 Å². The van der Waals surface area contributed by atoms with Crippen molar-refractivity contribution >= 4 is 60.1 Å². The highest BCUT2D eigenvalue weighted by Crippen LogP contribution is 2.39. The lowest BCUT2D eigenvalue weighted by atomic mass is 9.94. The number of benzene rings is 6. The van der Waals surface area contributed by atoms with Gasteiger partial charge in [-0.2, -0.15) is 0 Å². The zero-order valence-corrected chi connectivity index (χ0v) is 21.0.